The molecule has 4 N–H and O–H groups in total. The molecule has 0 saturated carbocycles. The Balaban J connectivity index is 2.40. The standard InChI is InChI=1S/C22H27FN6O4/c1-13(30)15-7-8-16(18(23)10-19(15)25)20-17(11-24)21(33-26-2)14(12-27-20)6-5-9-28-29(3)22(31)32-4/h8-10,12H,2,5-7,11,24-25H2,1,3-4H3/b28-9-. The first-order valence-electron chi connectivity index (χ1n) is 10.0. The summed E-state index contributed by atoms with van der Waals surface area (Å²) in [7, 11) is 2.72. The van der Waals surface area contributed by atoms with Crippen molar-refractivity contribution in [1.29, 1.82) is 0 Å². The number of carbonyl (C=O) groups is 2. The van der Waals surface area contributed by atoms with E-state index < -0.39 is 11.9 Å². The molecular weight excluding hydrogens is 431 g/mol. The minimum Gasteiger partial charge on any atom is -0.451 e. The summed E-state index contributed by atoms with van der Waals surface area (Å²) in [6.45, 7) is 4.71. The van der Waals surface area contributed by atoms with Crippen LogP contribution < -0.4 is 16.3 Å². The molecule has 10 nitrogen and oxygen atoms in total. The van der Waals surface area contributed by atoms with Crippen LogP contribution >= 0.6 is 0 Å². The molecule has 0 radical (unpaired) electrons. The Kier molecular flexibility index (Phi) is 8.98. The third-order valence-corrected chi connectivity index (χ3v) is 4.88. The number of allylic oxidation sites excluding steroid dienone is 5. The van der Waals surface area contributed by atoms with E-state index in [1.807, 2.05) is 0 Å². The third kappa shape index (κ3) is 6.10. The number of hydrogen-bond acceptors (Lipinski definition) is 9. The van der Waals surface area contributed by atoms with Crippen molar-refractivity contribution >= 4 is 30.4 Å². The monoisotopic (exact) mass is 458 g/mol. The average Bonchev–Trinajstić information content (AvgIpc) is 2.93. The van der Waals surface area contributed by atoms with E-state index >= 15 is 0 Å². The molecule has 176 valence electrons. The number of ketones is 1. The Morgan fingerprint density at radius 1 is 1.42 bits per heavy atom. The second-order valence-electron chi connectivity index (χ2n) is 7.00. The van der Waals surface area contributed by atoms with Crippen LogP contribution in [0, 0.1) is 0 Å². The van der Waals surface area contributed by atoms with Crippen molar-refractivity contribution in [2.75, 3.05) is 14.2 Å². The number of rotatable bonds is 9. The van der Waals surface area contributed by atoms with Gasteiger partial charge in [0, 0.05) is 60.7 Å². The maximum Gasteiger partial charge on any atom is 0.429 e. The summed E-state index contributed by atoms with van der Waals surface area (Å²) in [6.07, 6.45) is 6.10. The van der Waals surface area contributed by atoms with Gasteiger partial charge in [-0.1, -0.05) is 11.2 Å². The average molecular weight is 458 g/mol. The van der Waals surface area contributed by atoms with Gasteiger partial charge in [-0.15, -0.1) is 0 Å². The maximum absolute atomic E-state index is 15.0. The molecule has 1 heterocycles. The number of ether oxygens (including phenoxy) is 1. The highest BCUT2D eigenvalue weighted by atomic mass is 19.1. The van der Waals surface area contributed by atoms with Crippen LogP contribution in [0.1, 0.15) is 36.6 Å². The van der Waals surface area contributed by atoms with E-state index in [-0.39, 0.29) is 35.7 Å². The lowest BCUT2D eigenvalue weighted by Gasteiger charge is -2.16. The molecule has 0 bridgehead atoms. The van der Waals surface area contributed by atoms with Gasteiger partial charge < -0.3 is 21.0 Å². The van der Waals surface area contributed by atoms with E-state index in [0.717, 1.165) is 11.1 Å². The normalized spacial score (nSPS) is 13.8. The molecule has 0 aliphatic heterocycles. The Morgan fingerprint density at radius 2 is 2.15 bits per heavy atom. The largest absolute Gasteiger partial charge is 0.451 e. The number of aromatic nitrogens is 1. The molecule has 0 atom stereocenters. The molecular formula is C22H27FN6O4. The number of hydrogen-bond donors (Lipinski definition) is 2. The Bertz CT molecular complexity index is 1060. The van der Waals surface area contributed by atoms with Crippen molar-refractivity contribution in [2.24, 2.45) is 21.7 Å². The first-order chi connectivity index (χ1) is 15.7. The number of halogens is 1. The van der Waals surface area contributed by atoms with Crippen molar-refractivity contribution < 1.29 is 23.6 Å². The smallest absolute Gasteiger partial charge is 0.429 e. The van der Waals surface area contributed by atoms with Gasteiger partial charge in [0.05, 0.1) is 12.8 Å². The number of hydrazone groups is 1. The van der Waals surface area contributed by atoms with Gasteiger partial charge in [-0.05, 0) is 32.3 Å². The highest BCUT2D eigenvalue weighted by Crippen LogP contribution is 2.36. The topological polar surface area (TPSA) is 145 Å². The van der Waals surface area contributed by atoms with Crippen molar-refractivity contribution in [3.05, 3.63) is 52.3 Å². The van der Waals surface area contributed by atoms with Crippen molar-refractivity contribution in [1.82, 2.24) is 9.99 Å². The number of nitrogens with two attached hydrogens (primary N) is 2. The zero-order chi connectivity index (χ0) is 24.5. The van der Waals surface area contributed by atoms with Gasteiger partial charge in [0.2, 0.25) is 0 Å². The third-order valence-electron chi connectivity index (χ3n) is 4.88. The highest BCUT2D eigenvalue weighted by molar-refractivity contribution is 5.96. The van der Waals surface area contributed by atoms with Gasteiger partial charge in [0.25, 0.3) is 0 Å². The molecule has 0 saturated heterocycles. The molecule has 0 fully saturated rings. The summed E-state index contributed by atoms with van der Waals surface area (Å²) in [5.41, 5.74) is 13.7. The quantitative estimate of drug-likeness (QED) is 0.427. The minimum absolute atomic E-state index is 0.0205. The number of carbonyl (C=O) groups excluding carboxylic acids is 2. The predicted octanol–water partition coefficient (Wildman–Crippen LogP) is 2.59. The summed E-state index contributed by atoms with van der Waals surface area (Å²) in [4.78, 5) is 33.0. The van der Waals surface area contributed by atoms with Crippen LogP contribution in [-0.2, 0) is 22.5 Å². The summed E-state index contributed by atoms with van der Waals surface area (Å²) in [6, 6.07) is 0. The predicted molar refractivity (Wildman–Crippen MR) is 123 cm³/mol. The van der Waals surface area contributed by atoms with E-state index in [0.29, 0.717) is 35.3 Å². The van der Waals surface area contributed by atoms with Crippen molar-refractivity contribution in [2.45, 2.75) is 32.7 Å². The van der Waals surface area contributed by atoms with Crippen molar-refractivity contribution in [3.63, 3.8) is 0 Å². The zero-order valence-corrected chi connectivity index (χ0v) is 18.8. The van der Waals surface area contributed by atoms with Crippen LogP contribution in [0.5, 0.6) is 5.75 Å². The fourth-order valence-corrected chi connectivity index (χ4v) is 3.22. The van der Waals surface area contributed by atoms with Crippen LogP contribution in [0.2, 0.25) is 0 Å². The van der Waals surface area contributed by atoms with E-state index in [1.165, 1.54) is 33.5 Å². The minimum atomic E-state index is -0.644. The molecule has 0 unspecified atom stereocenters. The van der Waals surface area contributed by atoms with Gasteiger partial charge in [-0.25, -0.2) is 14.2 Å². The number of Topliss-reactive ketones (excluding diaryl/α,β-unsaturated/α-hetero) is 1. The fraction of sp³-hybridized carbons (Fsp3) is 0.318. The molecule has 0 aromatic carbocycles. The van der Waals surface area contributed by atoms with Gasteiger partial charge in [-0.2, -0.15) is 5.10 Å². The number of oxime groups is 1. The Morgan fingerprint density at radius 3 is 2.76 bits per heavy atom. The van der Waals surface area contributed by atoms with Gasteiger partial charge in [0.15, 0.2) is 11.5 Å². The molecule has 0 spiro atoms. The summed E-state index contributed by atoms with van der Waals surface area (Å²) < 4.78 is 19.5. The van der Waals surface area contributed by atoms with E-state index in [9.17, 15) is 14.0 Å². The molecule has 1 aliphatic rings. The molecule has 2 rings (SSSR count). The summed E-state index contributed by atoms with van der Waals surface area (Å²) in [5, 5.41) is 8.52. The van der Waals surface area contributed by atoms with Crippen LogP contribution in [0.15, 0.2) is 45.7 Å². The second kappa shape index (κ2) is 11.7. The van der Waals surface area contributed by atoms with Gasteiger partial charge >= 0.3 is 6.09 Å². The summed E-state index contributed by atoms with van der Waals surface area (Å²) >= 11 is 0. The molecule has 33 heavy (non-hydrogen) atoms. The van der Waals surface area contributed by atoms with E-state index in [1.54, 1.807) is 6.08 Å². The number of amides is 1. The first-order valence-corrected chi connectivity index (χ1v) is 10.0. The molecule has 11 heteroatoms. The lowest BCUT2D eigenvalue weighted by atomic mass is 9.99. The lowest BCUT2D eigenvalue weighted by molar-refractivity contribution is -0.113. The number of methoxy groups -OCH3 is 1. The summed E-state index contributed by atoms with van der Waals surface area (Å²) in [5.74, 6) is -0.581. The number of nitrogens with zero attached hydrogens (tertiary/aromatic N) is 4. The molecule has 1 aromatic rings. The Hall–Kier alpha value is -3.86. The SMILES string of the molecule is C=NOc1c(CC/C=N\N(C)C(=O)OC)cnc(C2=CCC(C(C)=O)=C(N)C=C2F)c1CN. The maximum atomic E-state index is 15.0. The van der Waals surface area contributed by atoms with E-state index in [2.05, 4.69) is 26.7 Å². The van der Waals surface area contributed by atoms with Gasteiger partial charge in [0.1, 0.15) is 5.83 Å². The molecule has 1 aromatic heterocycles. The first kappa shape index (κ1) is 25.4. The fourth-order valence-electron chi connectivity index (χ4n) is 3.22. The second-order valence-corrected chi connectivity index (χ2v) is 7.00. The van der Waals surface area contributed by atoms with Crippen LogP contribution in [0.4, 0.5) is 9.18 Å². The molecule has 1 aliphatic carbocycles. The lowest BCUT2D eigenvalue weighted by Crippen LogP contribution is -2.20. The van der Waals surface area contributed by atoms with E-state index in [4.69, 9.17) is 16.3 Å². The Labute approximate surface area is 191 Å². The zero-order valence-electron chi connectivity index (χ0n) is 18.8. The van der Waals surface area contributed by atoms with Crippen LogP contribution in [-0.4, -0.2) is 49.0 Å². The van der Waals surface area contributed by atoms with Crippen molar-refractivity contribution in [3.8, 4) is 5.75 Å². The highest BCUT2D eigenvalue weighted by Gasteiger charge is 2.23. The molecule has 1 amide bonds. The van der Waals surface area contributed by atoms with Crippen LogP contribution in [0.25, 0.3) is 5.57 Å². The van der Waals surface area contributed by atoms with Gasteiger partial charge in [-0.3, -0.25) is 9.78 Å². The number of aryl methyl sites for hydroxylation is 1. The van der Waals surface area contributed by atoms with Crippen LogP contribution in [0.3, 0.4) is 0 Å². The number of pyridine rings is 1.